The van der Waals surface area contributed by atoms with Gasteiger partial charge in [0.25, 0.3) is 10.0 Å². The van der Waals surface area contributed by atoms with Gasteiger partial charge in [0.1, 0.15) is 17.6 Å². The van der Waals surface area contributed by atoms with Gasteiger partial charge in [0.2, 0.25) is 0 Å². The predicted octanol–water partition coefficient (Wildman–Crippen LogP) is 4.98. The van der Waals surface area contributed by atoms with E-state index in [0.717, 1.165) is 28.0 Å². The molecule has 0 amide bonds. The Morgan fingerprint density at radius 1 is 1.20 bits per heavy atom. The van der Waals surface area contributed by atoms with Crippen molar-refractivity contribution in [3.8, 4) is 5.75 Å². The third-order valence-electron chi connectivity index (χ3n) is 5.98. The third kappa shape index (κ3) is 5.09. The van der Waals surface area contributed by atoms with Gasteiger partial charge in [-0.05, 0) is 75.1 Å². The van der Waals surface area contributed by atoms with Gasteiger partial charge in [0.15, 0.2) is 0 Å². The van der Waals surface area contributed by atoms with Crippen LogP contribution in [-0.2, 0) is 14.8 Å². The highest BCUT2D eigenvalue weighted by molar-refractivity contribution is 7.92. The third-order valence-corrected chi connectivity index (χ3v) is 7.76. The first-order chi connectivity index (χ1) is 16.6. The molecule has 1 aliphatic heterocycles. The number of carboxylic acids is 1. The van der Waals surface area contributed by atoms with Crippen molar-refractivity contribution in [2.24, 2.45) is 0 Å². The first-order valence-electron chi connectivity index (χ1n) is 11.3. The van der Waals surface area contributed by atoms with Gasteiger partial charge < -0.3 is 14.4 Å². The number of hydrogen-bond acceptors (Lipinski definition) is 6. The zero-order chi connectivity index (χ0) is 25.3. The van der Waals surface area contributed by atoms with Crippen LogP contribution in [0.5, 0.6) is 5.75 Å². The summed E-state index contributed by atoms with van der Waals surface area (Å²) in [5, 5.41) is 13.1. The van der Waals surface area contributed by atoms with E-state index in [0.29, 0.717) is 17.2 Å². The number of benzene rings is 2. The van der Waals surface area contributed by atoms with Crippen LogP contribution in [0.3, 0.4) is 0 Å². The Morgan fingerprint density at radius 2 is 1.97 bits per heavy atom. The van der Waals surface area contributed by atoms with Gasteiger partial charge in [-0.2, -0.15) is 0 Å². The lowest BCUT2D eigenvalue weighted by atomic mass is 10.0. The molecular formula is C26H28N2O6S. The second-order valence-electron chi connectivity index (χ2n) is 8.78. The molecule has 1 aliphatic rings. The molecule has 1 N–H and O–H groups in total. The Morgan fingerprint density at radius 3 is 2.63 bits per heavy atom. The van der Waals surface area contributed by atoms with E-state index in [1.165, 1.54) is 4.31 Å². The maximum Gasteiger partial charge on any atom is 0.303 e. The molecule has 184 valence electrons. The van der Waals surface area contributed by atoms with Crippen LogP contribution in [0.4, 0.5) is 5.69 Å². The van der Waals surface area contributed by atoms with E-state index in [2.05, 4.69) is 5.16 Å². The van der Waals surface area contributed by atoms with E-state index in [-0.39, 0.29) is 24.3 Å². The fraction of sp³-hybridized carbons (Fsp3) is 0.308. The predicted molar refractivity (Wildman–Crippen MR) is 133 cm³/mol. The zero-order valence-electron chi connectivity index (χ0n) is 20.1. The van der Waals surface area contributed by atoms with Crippen LogP contribution in [-0.4, -0.2) is 37.3 Å². The SMILES string of the molecule is C/C(=C\c1ccc2c(c1)N(S(=O)(=O)c1cccc(C)c1)C[C@H](CCC(=O)O)O2)c1c(C)noc1C. The lowest BCUT2D eigenvalue weighted by Crippen LogP contribution is -2.43. The molecule has 0 aliphatic carbocycles. The van der Waals surface area contributed by atoms with E-state index < -0.39 is 22.1 Å². The lowest BCUT2D eigenvalue weighted by molar-refractivity contribution is -0.137. The number of aromatic nitrogens is 1. The van der Waals surface area contributed by atoms with Crippen molar-refractivity contribution in [3.05, 3.63) is 70.6 Å². The number of sulfonamides is 1. The zero-order valence-corrected chi connectivity index (χ0v) is 20.9. The molecule has 8 nitrogen and oxygen atoms in total. The van der Waals surface area contributed by atoms with Gasteiger partial charge in [-0.25, -0.2) is 8.42 Å². The molecule has 1 atom stereocenters. The number of ether oxygens (including phenoxy) is 1. The topological polar surface area (TPSA) is 110 Å². The maximum atomic E-state index is 13.7. The number of hydrogen-bond donors (Lipinski definition) is 1. The summed E-state index contributed by atoms with van der Waals surface area (Å²) in [6.07, 6.45) is 1.45. The van der Waals surface area contributed by atoms with Crippen molar-refractivity contribution in [1.82, 2.24) is 5.16 Å². The van der Waals surface area contributed by atoms with Gasteiger partial charge in [0, 0.05) is 12.0 Å². The number of rotatable bonds is 7. The molecule has 0 saturated heterocycles. The Balaban J connectivity index is 1.78. The minimum Gasteiger partial charge on any atom is -0.486 e. The lowest BCUT2D eigenvalue weighted by Gasteiger charge is -2.35. The number of aryl methyl sites for hydroxylation is 3. The minimum absolute atomic E-state index is 0.0204. The first-order valence-corrected chi connectivity index (χ1v) is 12.7. The van der Waals surface area contributed by atoms with E-state index >= 15 is 0 Å². The standard InChI is InChI=1S/C26H28N2O6S/c1-16-6-5-7-22(12-16)35(31,32)28-15-21(9-11-25(29)30)33-24-10-8-20(14-23(24)28)13-17(2)26-18(3)27-34-19(26)4/h5-8,10,12-14,21H,9,11,15H2,1-4H3,(H,29,30)/b17-13+/t21-/m0/s1. The van der Waals surface area contributed by atoms with Gasteiger partial charge in [0.05, 0.1) is 22.8 Å². The average Bonchev–Trinajstić information content (AvgIpc) is 3.15. The molecule has 2 heterocycles. The number of carboxylic acid groups (broad SMARTS) is 1. The molecule has 0 radical (unpaired) electrons. The minimum atomic E-state index is -3.91. The molecule has 0 bridgehead atoms. The van der Waals surface area contributed by atoms with Crippen molar-refractivity contribution in [2.75, 3.05) is 10.8 Å². The Labute approximate surface area is 204 Å². The summed E-state index contributed by atoms with van der Waals surface area (Å²) in [4.78, 5) is 11.3. The van der Waals surface area contributed by atoms with Gasteiger partial charge >= 0.3 is 5.97 Å². The Hall–Kier alpha value is -3.59. The monoisotopic (exact) mass is 496 g/mol. The van der Waals surface area contributed by atoms with E-state index in [1.54, 1.807) is 30.3 Å². The average molecular weight is 497 g/mol. The molecule has 2 aromatic carbocycles. The summed E-state index contributed by atoms with van der Waals surface area (Å²) >= 11 is 0. The fourth-order valence-corrected chi connectivity index (χ4v) is 5.96. The molecule has 3 aromatic rings. The second kappa shape index (κ2) is 9.58. The number of fused-ring (bicyclic) bond motifs is 1. The number of aliphatic carboxylic acids is 1. The van der Waals surface area contributed by atoms with Crippen LogP contribution in [0.25, 0.3) is 11.6 Å². The van der Waals surface area contributed by atoms with Crippen molar-refractivity contribution in [2.45, 2.75) is 51.5 Å². The van der Waals surface area contributed by atoms with Crippen LogP contribution in [0.15, 0.2) is 51.9 Å². The first kappa shape index (κ1) is 24.5. The van der Waals surface area contributed by atoms with Gasteiger partial charge in [-0.1, -0.05) is 29.4 Å². The molecule has 1 aromatic heterocycles. The van der Waals surface area contributed by atoms with E-state index in [4.69, 9.17) is 14.4 Å². The highest BCUT2D eigenvalue weighted by Gasteiger charge is 2.35. The number of carbonyl (C=O) groups is 1. The molecule has 4 rings (SSSR count). The summed E-state index contributed by atoms with van der Waals surface area (Å²) < 4.78 is 40.1. The number of anilines is 1. The molecule has 0 saturated carbocycles. The molecule has 0 fully saturated rings. The summed E-state index contributed by atoms with van der Waals surface area (Å²) in [5.41, 5.74) is 4.66. The molecule has 0 spiro atoms. The maximum absolute atomic E-state index is 13.7. The summed E-state index contributed by atoms with van der Waals surface area (Å²) in [6, 6.07) is 12.1. The number of nitrogens with zero attached hydrogens (tertiary/aromatic N) is 2. The Bertz CT molecular complexity index is 1390. The van der Waals surface area contributed by atoms with Crippen molar-refractivity contribution in [3.63, 3.8) is 0 Å². The Kier molecular flexibility index (Phi) is 6.71. The summed E-state index contributed by atoms with van der Waals surface area (Å²) in [6.45, 7) is 7.53. The summed E-state index contributed by atoms with van der Waals surface area (Å²) in [7, 11) is -3.91. The van der Waals surface area contributed by atoms with Crippen LogP contribution >= 0.6 is 0 Å². The van der Waals surface area contributed by atoms with Crippen LogP contribution in [0.1, 0.15) is 47.9 Å². The van der Waals surface area contributed by atoms with Crippen molar-refractivity contribution < 1.29 is 27.6 Å². The van der Waals surface area contributed by atoms with Crippen molar-refractivity contribution >= 4 is 33.3 Å². The molecule has 0 unspecified atom stereocenters. The summed E-state index contributed by atoms with van der Waals surface area (Å²) in [5.74, 6) is 0.153. The van der Waals surface area contributed by atoms with Crippen molar-refractivity contribution in [1.29, 1.82) is 0 Å². The largest absolute Gasteiger partial charge is 0.486 e. The van der Waals surface area contributed by atoms with E-state index in [1.807, 2.05) is 45.9 Å². The highest BCUT2D eigenvalue weighted by atomic mass is 32.2. The molecular weight excluding hydrogens is 468 g/mol. The fourth-order valence-electron chi connectivity index (χ4n) is 4.35. The normalized spacial score (nSPS) is 16.1. The van der Waals surface area contributed by atoms with E-state index in [9.17, 15) is 13.2 Å². The molecule has 9 heteroatoms. The van der Waals surface area contributed by atoms with Gasteiger partial charge in [-0.3, -0.25) is 9.10 Å². The quantitative estimate of drug-likeness (QED) is 0.491. The molecule has 35 heavy (non-hydrogen) atoms. The number of allylic oxidation sites excluding steroid dienone is 1. The smallest absolute Gasteiger partial charge is 0.303 e. The van der Waals surface area contributed by atoms with Gasteiger partial charge in [-0.15, -0.1) is 0 Å². The van der Waals surface area contributed by atoms with Crippen LogP contribution < -0.4 is 9.04 Å². The van der Waals surface area contributed by atoms with Crippen LogP contribution in [0.2, 0.25) is 0 Å². The second-order valence-corrected chi connectivity index (χ2v) is 10.6. The van der Waals surface area contributed by atoms with Crippen LogP contribution in [0, 0.1) is 20.8 Å². The highest BCUT2D eigenvalue weighted by Crippen LogP contribution is 2.39.